The maximum Gasteiger partial charge on any atom is 0.314 e. The van der Waals surface area contributed by atoms with Crippen molar-refractivity contribution in [1.82, 2.24) is 4.90 Å². The first-order chi connectivity index (χ1) is 16.1. The van der Waals surface area contributed by atoms with Crippen LogP contribution in [0.4, 0.5) is 5.69 Å². The lowest BCUT2D eigenvalue weighted by Gasteiger charge is -2.28. The first-order valence-electron chi connectivity index (χ1n) is 10.7. The fourth-order valence-corrected chi connectivity index (χ4v) is 4.57. The topological polar surface area (TPSA) is 83.3 Å². The van der Waals surface area contributed by atoms with Gasteiger partial charge in [0.15, 0.2) is 5.75 Å². The summed E-state index contributed by atoms with van der Waals surface area (Å²) in [6.07, 6.45) is -0.531. The number of nitro benzene ring substituents is 1. The van der Waals surface area contributed by atoms with Crippen LogP contribution in [0.3, 0.4) is 0 Å². The quantitative estimate of drug-likeness (QED) is 0.412. The van der Waals surface area contributed by atoms with Crippen molar-refractivity contribution in [3.05, 3.63) is 88.0 Å². The zero-order valence-electron chi connectivity index (χ0n) is 18.3. The molecule has 0 aromatic heterocycles. The van der Waals surface area contributed by atoms with E-state index in [-0.39, 0.29) is 29.7 Å². The van der Waals surface area contributed by atoms with Crippen LogP contribution >= 0.6 is 0 Å². The Morgan fingerprint density at radius 1 is 0.879 bits per heavy atom. The van der Waals surface area contributed by atoms with E-state index >= 15 is 0 Å². The number of methoxy groups -OCH3 is 2. The third-order valence-electron chi connectivity index (χ3n) is 6.17. The summed E-state index contributed by atoms with van der Waals surface area (Å²) in [5.41, 5.74) is 2.12. The number of hydrogen-bond acceptors (Lipinski definition) is 7. The van der Waals surface area contributed by atoms with Gasteiger partial charge in [0.25, 0.3) is 0 Å². The summed E-state index contributed by atoms with van der Waals surface area (Å²) < 4.78 is 22.9. The minimum Gasteiger partial charge on any atom is -0.497 e. The Morgan fingerprint density at radius 3 is 1.94 bits per heavy atom. The van der Waals surface area contributed by atoms with E-state index in [0.29, 0.717) is 18.8 Å². The first kappa shape index (κ1) is 21.1. The molecule has 8 nitrogen and oxygen atoms in total. The summed E-state index contributed by atoms with van der Waals surface area (Å²) in [6, 6.07) is 20.7. The summed E-state index contributed by atoms with van der Waals surface area (Å²) in [7, 11) is 3.29. The second kappa shape index (κ2) is 8.63. The van der Waals surface area contributed by atoms with Crippen molar-refractivity contribution in [1.29, 1.82) is 0 Å². The Hall–Kier alpha value is -3.78. The van der Waals surface area contributed by atoms with Crippen LogP contribution in [0, 0.1) is 10.1 Å². The zero-order chi connectivity index (χ0) is 22.9. The Bertz CT molecular complexity index is 1100. The number of rotatable bonds is 6. The first-order valence-corrected chi connectivity index (χ1v) is 10.7. The molecule has 0 saturated carbocycles. The number of hydrogen-bond donors (Lipinski definition) is 0. The molecular formula is C25H24N2O6. The van der Waals surface area contributed by atoms with Crippen molar-refractivity contribution in [2.45, 2.75) is 18.2 Å². The molecule has 1 saturated heterocycles. The van der Waals surface area contributed by atoms with E-state index in [1.165, 1.54) is 6.07 Å². The second-order valence-corrected chi connectivity index (χ2v) is 8.08. The smallest absolute Gasteiger partial charge is 0.314 e. The lowest BCUT2D eigenvalue weighted by atomic mass is 9.97. The van der Waals surface area contributed by atoms with E-state index in [4.69, 9.17) is 18.9 Å². The van der Waals surface area contributed by atoms with E-state index in [0.717, 1.165) is 22.6 Å². The largest absolute Gasteiger partial charge is 0.497 e. The molecule has 5 rings (SSSR count). The summed E-state index contributed by atoms with van der Waals surface area (Å²) in [5.74, 6) is 2.20. The lowest BCUT2D eigenvalue weighted by Crippen LogP contribution is -2.38. The van der Waals surface area contributed by atoms with Crippen molar-refractivity contribution >= 4 is 5.69 Å². The third-order valence-corrected chi connectivity index (χ3v) is 6.17. The van der Waals surface area contributed by atoms with Gasteiger partial charge in [0, 0.05) is 19.2 Å². The van der Waals surface area contributed by atoms with Gasteiger partial charge in [-0.1, -0.05) is 30.3 Å². The molecule has 3 aromatic carbocycles. The number of likely N-dealkylation sites (tertiary alicyclic amines) is 1. The van der Waals surface area contributed by atoms with Crippen molar-refractivity contribution in [2.75, 3.05) is 27.3 Å². The van der Waals surface area contributed by atoms with Crippen LogP contribution in [0.5, 0.6) is 23.0 Å². The summed E-state index contributed by atoms with van der Waals surface area (Å²) >= 11 is 0. The highest BCUT2D eigenvalue weighted by Crippen LogP contribution is 2.44. The van der Waals surface area contributed by atoms with E-state index in [1.54, 1.807) is 26.4 Å². The minimum absolute atomic E-state index is 0.0577. The van der Waals surface area contributed by atoms with E-state index in [9.17, 15) is 10.1 Å². The van der Waals surface area contributed by atoms with Crippen molar-refractivity contribution in [2.24, 2.45) is 0 Å². The number of ether oxygens (including phenoxy) is 4. The lowest BCUT2D eigenvalue weighted by molar-refractivity contribution is -0.386. The summed E-state index contributed by atoms with van der Waals surface area (Å²) in [5, 5.41) is 11.5. The van der Waals surface area contributed by atoms with Gasteiger partial charge in [-0.3, -0.25) is 15.0 Å². The molecule has 2 atom stereocenters. The Labute approximate surface area is 191 Å². The molecule has 0 bridgehead atoms. The highest BCUT2D eigenvalue weighted by Gasteiger charge is 2.44. The van der Waals surface area contributed by atoms with Crippen molar-refractivity contribution < 1.29 is 23.9 Å². The van der Waals surface area contributed by atoms with E-state index in [1.807, 2.05) is 24.3 Å². The number of fused-ring (bicyclic) bond motifs is 2. The van der Waals surface area contributed by atoms with Crippen LogP contribution in [0.25, 0.3) is 0 Å². The van der Waals surface area contributed by atoms with Gasteiger partial charge in [0.2, 0.25) is 5.75 Å². The molecule has 2 aliphatic rings. The molecule has 3 aromatic rings. The minimum atomic E-state index is -0.438. The zero-order valence-corrected chi connectivity index (χ0v) is 18.3. The molecule has 0 aliphatic carbocycles. The van der Waals surface area contributed by atoms with Crippen LogP contribution in [-0.4, -0.2) is 49.3 Å². The van der Waals surface area contributed by atoms with Crippen LogP contribution in [-0.2, 0) is 0 Å². The third kappa shape index (κ3) is 3.93. The van der Waals surface area contributed by atoms with Crippen LogP contribution < -0.4 is 18.9 Å². The second-order valence-electron chi connectivity index (χ2n) is 8.08. The average Bonchev–Trinajstić information content (AvgIpc) is 3.25. The van der Waals surface area contributed by atoms with Gasteiger partial charge in [-0.15, -0.1) is 0 Å². The summed E-state index contributed by atoms with van der Waals surface area (Å²) in [4.78, 5) is 13.3. The monoisotopic (exact) mass is 448 g/mol. The molecule has 0 amide bonds. The number of para-hydroxylation sites is 1. The van der Waals surface area contributed by atoms with Gasteiger partial charge in [-0.05, 0) is 41.5 Å². The molecular weight excluding hydrogens is 424 g/mol. The van der Waals surface area contributed by atoms with E-state index < -0.39 is 4.92 Å². The molecule has 0 radical (unpaired) electrons. The SMILES string of the molecule is COc1ccc(C(c2ccc(OC)cc2)N2C[C@@H]3Oc4cccc([N+](=O)[O-])c4O[C@H]3C2)cc1. The van der Waals surface area contributed by atoms with Gasteiger partial charge < -0.3 is 18.9 Å². The molecule has 33 heavy (non-hydrogen) atoms. The predicted molar refractivity (Wildman–Crippen MR) is 121 cm³/mol. The number of nitro groups is 1. The van der Waals surface area contributed by atoms with Crippen LogP contribution in [0.1, 0.15) is 17.2 Å². The van der Waals surface area contributed by atoms with Crippen molar-refractivity contribution in [3.8, 4) is 23.0 Å². The standard InChI is InChI=1S/C25H24N2O6/c1-30-18-10-6-16(7-11-18)24(17-8-12-19(31-2)13-9-17)26-14-22-23(15-26)33-25-20(27(28)29)4-3-5-21(25)32-22/h3-13,22-24H,14-15H2,1-2H3/t22-,23-/m0/s1. The summed E-state index contributed by atoms with van der Waals surface area (Å²) in [6.45, 7) is 1.19. The van der Waals surface area contributed by atoms with Gasteiger partial charge in [-0.25, -0.2) is 0 Å². The molecule has 0 N–H and O–H groups in total. The van der Waals surface area contributed by atoms with Gasteiger partial charge >= 0.3 is 5.69 Å². The van der Waals surface area contributed by atoms with Crippen LogP contribution in [0.15, 0.2) is 66.7 Å². The predicted octanol–water partition coefficient (Wildman–Crippen LogP) is 4.23. The molecule has 1 fully saturated rings. The maximum atomic E-state index is 11.5. The Kier molecular flexibility index (Phi) is 5.51. The molecule has 0 unspecified atom stereocenters. The Morgan fingerprint density at radius 2 is 1.42 bits per heavy atom. The fraction of sp³-hybridized carbons (Fsp3) is 0.280. The highest BCUT2D eigenvalue weighted by molar-refractivity contribution is 5.57. The molecule has 8 heteroatoms. The number of benzene rings is 3. The molecule has 2 aliphatic heterocycles. The van der Waals surface area contributed by atoms with Gasteiger partial charge in [0.05, 0.1) is 25.2 Å². The Balaban J connectivity index is 1.46. The normalized spacial score (nSPS) is 19.2. The van der Waals surface area contributed by atoms with Gasteiger partial charge in [0.1, 0.15) is 23.7 Å². The van der Waals surface area contributed by atoms with Crippen LogP contribution in [0.2, 0.25) is 0 Å². The maximum absolute atomic E-state index is 11.5. The average molecular weight is 448 g/mol. The van der Waals surface area contributed by atoms with Crippen molar-refractivity contribution in [3.63, 3.8) is 0 Å². The molecule has 170 valence electrons. The molecule has 2 heterocycles. The fourth-order valence-electron chi connectivity index (χ4n) is 4.57. The number of nitrogens with zero attached hydrogens (tertiary/aromatic N) is 2. The van der Waals surface area contributed by atoms with Gasteiger partial charge in [-0.2, -0.15) is 0 Å². The van der Waals surface area contributed by atoms with E-state index in [2.05, 4.69) is 29.2 Å². The molecule has 0 spiro atoms. The highest BCUT2D eigenvalue weighted by atomic mass is 16.6.